The monoisotopic (exact) mass is 362 g/mol. The van der Waals surface area contributed by atoms with Gasteiger partial charge in [-0.25, -0.2) is 9.59 Å². The molecule has 1 heterocycles. The molecule has 4 nitrogen and oxygen atoms in total. The maximum atomic E-state index is 12.0. The summed E-state index contributed by atoms with van der Waals surface area (Å²) in [5.41, 5.74) is 1.45. The van der Waals surface area contributed by atoms with Crippen molar-refractivity contribution in [2.24, 2.45) is 0 Å². The summed E-state index contributed by atoms with van der Waals surface area (Å²) in [4.78, 5) is 23.9. The minimum Gasteiger partial charge on any atom is -0.458 e. The Morgan fingerprint density at radius 3 is 2.54 bits per heavy atom. The van der Waals surface area contributed by atoms with Gasteiger partial charge in [-0.05, 0) is 48.0 Å². The first-order chi connectivity index (χ1) is 11.5. The molecule has 3 rings (SSSR count). The van der Waals surface area contributed by atoms with Gasteiger partial charge < -0.3 is 9.47 Å². The molecule has 0 saturated heterocycles. The van der Waals surface area contributed by atoms with E-state index in [0.29, 0.717) is 26.7 Å². The van der Waals surface area contributed by atoms with Gasteiger partial charge in [-0.3, -0.25) is 0 Å². The molecule has 0 saturated carbocycles. The molecule has 24 heavy (non-hydrogen) atoms. The lowest BCUT2D eigenvalue weighted by molar-refractivity contribution is -0.139. The van der Waals surface area contributed by atoms with E-state index in [1.165, 1.54) is 0 Å². The maximum Gasteiger partial charge on any atom is 0.339 e. The number of cyclic esters (lactones) is 1. The van der Waals surface area contributed by atoms with Gasteiger partial charge in [0.25, 0.3) is 0 Å². The van der Waals surface area contributed by atoms with Crippen LogP contribution in [0.25, 0.3) is 5.57 Å². The molecule has 0 fully saturated rings. The van der Waals surface area contributed by atoms with Crippen LogP contribution in [0.2, 0.25) is 10.0 Å². The zero-order valence-electron chi connectivity index (χ0n) is 12.4. The third-order valence-electron chi connectivity index (χ3n) is 3.43. The van der Waals surface area contributed by atoms with Crippen molar-refractivity contribution in [2.45, 2.75) is 6.10 Å². The highest BCUT2D eigenvalue weighted by Gasteiger charge is 2.27. The molecule has 2 aromatic rings. The predicted octanol–water partition coefficient (Wildman–Crippen LogP) is 4.16. The van der Waals surface area contributed by atoms with Crippen molar-refractivity contribution < 1.29 is 19.1 Å². The predicted molar refractivity (Wildman–Crippen MR) is 91.0 cm³/mol. The largest absolute Gasteiger partial charge is 0.458 e. The Labute approximate surface area is 148 Å². The number of hydrogen-bond acceptors (Lipinski definition) is 4. The van der Waals surface area contributed by atoms with Gasteiger partial charge in [-0.15, -0.1) is 0 Å². The molecule has 0 aliphatic carbocycles. The standard InChI is InChI=1S/C18H12Cl2O4/c19-13-6-4-11(5-7-13)17(21)23-10-15-9-16(18(22)24-15)12-2-1-3-14(20)8-12/h1-9,15H,10H2/t15-/m1/s1. The summed E-state index contributed by atoms with van der Waals surface area (Å²) < 4.78 is 10.4. The normalized spacial score (nSPS) is 16.5. The Hall–Kier alpha value is -2.30. The summed E-state index contributed by atoms with van der Waals surface area (Å²) in [6.45, 7) is -0.0583. The van der Waals surface area contributed by atoms with Gasteiger partial charge in [0.1, 0.15) is 6.61 Å². The van der Waals surface area contributed by atoms with Gasteiger partial charge in [-0.1, -0.05) is 35.3 Å². The minimum absolute atomic E-state index is 0.0583. The molecular weight excluding hydrogens is 351 g/mol. The zero-order valence-corrected chi connectivity index (χ0v) is 13.9. The molecule has 1 atom stereocenters. The third-order valence-corrected chi connectivity index (χ3v) is 3.91. The Balaban J connectivity index is 1.65. The summed E-state index contributed by atoms with van der Waals surface area (Å²) in [5, 5.41) is 1.06. The molecule has 6 heteroatoms. The van der Waals surface area contributed by atoms with Crippen LogP contribution in [0.4, 0.5) is 0 Å². The van der Waals surface area contributed by atoms with Crippen LogP contribution >= 0.6 is 23.2 Å². The number of halogens is 2. The SMILES string of the molecule is O=C1O[C@@H](COC(=O)c2ccc(Cl)cc2)C=C1c1cccc(Cl)c1. The Morgan fingerprint density at radius 2 is 1.83 bits per heavy atom. The number of carbonyl (C=O) groups is 2. The molecule has 1 aliphatic heterocycles. The lowest BCUT2D eigenvalue weighted by Gasteiger charge is -2.09. The maximum absolute atomic E-state index is 12.0. The number of carbonyl (C=O) groups excluding carboxylic acids is 2. The quantitative estimate of drug-likeness (QED) is 0.766. The summed E-state index contributed by atoms with van der Waals surface area (Å²) in [6, 6.07) is 13.3. The number of hydrogen-bond donors (Lipinski definition) is 0. The fraction of sp³-hybridized carbons (Fsp3) is 0.111. The molecular formula is C18H12Cl2O4. The molecule has 0 amide bonds. The van der Waals surface area contributed by atoms with E-state index in [0.717, 1.165) is 0 Å². The fourth-order valence-electron chi connectivity index (χ4n) is 2.27. The fourth-order valence-corrected chi connectivity index (χ4v) is 2.58. The van der Waals surface area contributed by atoms with Crippen molar-refractivity contribution in [3.05, 3.63) is 75.8 Å². The van der Waals surface area contributed by atoms with Crippen molar-refractivity contribution in [1.82, 2.24) is 0 Å². The molecule has 0 radical (unpaired) electrons. The Bertz CT molecular complexity index is 812. The number of rotatable bonds is 4. The summed E-state index contributed by atoms with van der Waals surface area (Å²) >= 11 is 11.7. The van der Waals surface area contributed by atoms with Crippen LogP contribution in [0, 0.1) is 0 Å². The number of benzene rings is 2. The first kappa shape index (κ1) is 16.6. The van der Waals surface area contributed by atoms with E-state index >= 15 is 0 Å². The van der Waals surface area contributed by atoms with Crippen molar-refractivity contribution in [1.29, 1.82) is 0 Å². The van der Waals surface area contributed by atoms with Crippen LogP contribution in [0.1, 0.15) is 15.9 Å². The van der Waals surface area contributed by atoms with E-state index in [1.54, 1.807) is 54.6 Å². The zero-order chi connectivity index (χ0) is 17.1. The van der Waals surface area contributed by atoms with Gasteiger partial charge in [0, 0.05) is 10.0 Å². The molecule has 1 aliphatic rings. The molecule has 0 aromatic heterocycles. The second-order valence-corrected chi connectivity index (χ2v) is 6.01. The lowest BCUT2D eigenvalue weighted by atomic mass is 10.1. The van der Waals surface area contributed by atoms with E-state index in [-0.39, 0.29) is 6.61 Å². The molecule has 2 aromatic carbocycles. The van der Waals surface area contributed by atoms with Gasteiger partial charge in [-0.2, -0.15) is 0 Å². The van der Waals surface area contributed by atoms with Crippen molar-refractivity contribution >= 4 is 40.7 Å². The average molecular weight is 363 g/mol. The van der Waals surface area contributed by atoms with Crippen molar-refractivity contribution in [3.63, 3.8) is 0 Å². The van der Waals surface area contributed by atoms with Crippen molar-refractivity contribution in [2.75, 3.05) is 6.61 Å². The van der Waals surface area contributed by atoms with E-state index < -0.39 is 18.0 Å². The second-order valence-electron chi connectivity index (χ2n) is 5.14. The van der Waals surface area contributed by atoms with Crippen LogP contribution in [0.15, 0.2) is 54.6 Å². The van der Waals surface area contributed by atoms with Crippen LogP contribution in [-0.4, -0.2) is 24.6 Å². The summed E-state index contributed by atoms with van der Waals surface area (Å²) in [7, 11) is 0. The van der Waals surface area contributed by atoms with Gasteiger partial charge in [0.05, 0.1) is 11.1 Å². The topological polar surface area (TPSA) is 52.6 Å². The molecule has 122 valence electrons. The van der Waals surface area contributed by atoms with Gasteiger partial charge in [0.2, 0.25) is 0 Å². The molecule has 0 bridgehead atoms. The molecule has 0 spiro atoms. The van der Waals surface area contributed by atoms with Crippen LogP contribution in [-0.2, 0) is 14.3 Å². The highest BCUT2D eigenvalue weighted by molar-refractivity contribution is 6.31. The number of esters is 2. The van der Waals surface area contributed by atoms with Crippen molar-refractivity contribution in [3.8, 4) is 0 Å². The average Bonchev–Trinajstić information content (AvgIpc) is 2.94. The first-order valence-corrected chi connectivity index (χ1v) is 7.90. The van der Waals surface area contributed by atoms with Gasteiger partial charge >= 0.3 is 11.9 Å². The van der Waals surface area contributed by atoms with E-state index in [4.69, 9.17) is 32.7 Å². The van der Waals surface area contributed by atoms with Gasteiger partial charge in [0.15, 0.2) is 6.10 Å². The molecule has 0 unspecified atom stereocenters. The number of ether oxygens (including phenoxy) is 2. The first-order valence-electron chi connectivity index (χ1n) is 7.14. The highest BCUT2D eigenvalue weighted by atomic mass is 35.5. The smallest absolute Gasteiger partial charge is 0.339 e. The minimum atomic E-state index is -0.622. The summed E-state index contributed by atoms with van der Waals surface area (Å²) in [6.07, 6.45) is 1.01. The Morgan fingerprint density at radius 1 is 1.08 bits per heavy atom. The summed E-state index contributed by atoms with van der Waals surface area (Å²) in [5.74, 6) is -0.975. The van der Waals surface area contributed by atoms with E-state index in [1.807, 2.05) is 0 Å². The van der Waals surface area contributed by atoms with Crippen LogP contribution in [0.5, 0.6) is 0 Å². The lowest BCUT2D eigenvalue weighted by Crippen LogP contribution is -2.18. The van der Waals surface area contributed by atoms with E-state index in [2.05, 4.69) is 0 Å². The molecule has 0 N–H and O–H groups in total. The van der Waals surface area contributed by atoms with E-state index in [9.17, 15) is 9.59 Å². The van der Waals surface area contributed by atoms with Crippen LogP contribution in [0.3, 0.4) is 0 Å². The highest BCUT2D eigenvalue weighted by Crippen LogP contribution is 2.26. The second kappa shape index (κ2) is 7.07. The third kappa shape index (κ3) is 3.78. The van der Waals surface area contributed by atoms with Crippen LogP contribution < -0.4 is 0 Å². The Kier molecular flexibility index (Phi) is 4.88.